The Labute approximate surface area is 199 Å². The molecule has 10 heteroatoms. The third kappa shape index (κ3) is 5.23. The summed E-state index contributed by atoms with van der Waals surface area (Å²) in [5, 5.41) is 19.8. The first-order valence-corrected chi connectivity index (χ1v) is 13.2. The summed E-state index contributed by atoms with van der Waals surface area (Å²) in [4.78, 5) is 25.4. The molecule has 1 aliphatic heterocycles. The Bertz CT molecular complexity index is 1210. The van der Waals surface area contributed by atoms with E-state index in [-0.39, 0.29) is 28.4 Å². The fraction of sp³-hybridized carbons (Fsp3) is 0.458. The summed E-state index contributed by atoms with van der Waals surface area (Å²) in [7, 11) is -4.04. The summed E-state index contributed by atoms with van der Waals surface area (Å²) in [5.41, 5.74) is 3.92. The Morgan fingerprint density at radius 2 is 1.79 bits per heavy atom. The van der Waals surface area contributed by atoms with Gasteiger partial charge >= 0.3 is 0 Å². The number of fused-ring (bicyclic) bond motifs is 1. The zero-order chi connectivity index (χ0) is 24.5. The van der Waals surface area contributed by atoms with Gasteiger partial charge in [0, 0.05) is 25.1 Å². The second-order valence-corrected chi connectivity index (χ2v) is 10.7. The Morgan fingerprint density at radius 3 is 2.44 bits per heavy atom. The average Bonchev–Trinajstić information content (AvgIpc) is 2.82. The fourth-order valence-electron chi connectivity index (χ4n) is 4.91. The molecule has 1 aliphatic carbocycles. The van der Waals surface area contributed by atoms with Gasteiger partial charge in [0.2, 0.25) is 15.9 Å². The van der Waals surface area contributed by atoms with Crippen molar-refractivity contribution < 1.29 is 18.1 Å². The standard InChI is InChI=1S/C24H30N4O5S/c1-16(19-7-6-17-4-2-3-5-20(17)14-19)26-24(29)18-10-12-27(13-11-18)22-9-8-21(34(25,32)33)15-23(22)28(30)31/h6-9,14-16,18H,2-5,10-13H2,1H3,(H,26,29)(H2,25,32,33)/t16-/m1/s1. The number of nitro benzene ring substituents is 1. The van der Waals surface area contributed by atoms with E-state index < -0.39 is 14.9 Å². The van der Waals surface area contributed by atoms with Crippen LogP contribution in [-0.2, 0) is 27.7 Å². The van der Waals surface area contributed by atoms with Gasteiger partial charge in [0.1, 0.15) is 5.69 Å². The molecule has 1 fully saturated rings. The molecule has 1 heterocycles. The van der Waals surface area contributed by atoms with Crippen LogP contribution in [0.25, 0.3) is 0 Å². The van der Waals surface area contributed by atoms with Gasteiger partial charge in [-0.05, 0) is 74.3 Å². The van der Waals surface area contributed by atoms with Crippen molar-refractivity contribution in [3.63, 3.8) is 0 Å². The van der Waals surface area contributed by atoms with Gasteiger partial charge in [-0.15, -0.1) is 0 Å². The minimum Gasteiger partial charge on any atom is -0.366 e. The van der Waals surface area contributed by atoms with Gasteiger partial charge in [-0.25, -0.2) is 13.6 Å². The van der Waals surface area contributed by atoms with E-state index in [1.165, 1.54) is 36.1 Å². The van der Waals surface area contributed by atoms with Crippen LogP contribution in [0.2, 0.25) is 0 Å². The van der Waals surface area contributed by atoms with Gasteiger partial charge in [0.25, 0.3) is 5.69 Å². The predicted octanol–water partition coefficient (Wildman–Crippen LogP) is 3.21. The third-order valence-electron chi connectivity index (χ3n) is 6.91. The van der Waals surface area contributed by atoms with Gasteiger partial charge < -0.3 is 10.2 Å². The monoisotopic (exact) mass is 486 g/mol. The first-order valence-electron chi connectivity index (χ1n) is 11.6. The van der Waals surface area contributed by atoms with Crippen molar-refractivity contribution in [2.75, 3.05) is 18.0 Å². The normalized spacial score (nSPS) is 17.6. The number of carbonyl (C=O) groups excluding carboxylic acids is 1. The maximum absolute atomic E-state index is 12.9. The second kappa shape index (κ2) is 9.71. The van der Waals surface area contributed by atoms with E-state index in [2.05, 4.69) is 23.5 Å². The van der Waals surface area contributed by atoms with Gasteiger partial charge in [-0.2, -0.15) is 0 Å². The molecule has 0 spiro atoms. The van der Waals surface area contributed by atoms with Crippen molar-refractivity contribution in [3.8, 4) is 0 Å². The number of rotatable bonds is 6. The summed E-state index contributed by atoms with van der Waals surface area (Å²) in [6.45, 7) is 2.91. The number of sulfonamides is 1. The van der Waals surface area contributed by atoms with Gasteiger partial charge in [0.05, 0.1) is 15.9 Å². The quantitative estimate of drug-likeness (QED) is 0.475. The number of anilines is 1. The average molecular weight is 487 g/mol. The highest BCUT2D eigenvalue weighted by molar-refractivity contribution is 7.89. The molecule has 4 rings (SSSR count). The van der Waals surface area contributed by atoms with Crippen LogP contribution in [-0.4, -0.2) is 32.3 Å². The smallest absolute Gasteiger partial charge is 0.293 e. The lowest BCUT2D eigenvalue weighted by Gasteiger charge is -2.33. The van der Waals surface area contributed by atoms with Crippen LogP contribution in [0.15, 0.2) is 41.3 Å². The minimum atomic E-state index is -4.04. The van der Waals surface area contributed by atoms with Crippen molar-refractivity contribution >= 4 is 27.3 Å². The summed E-state index contributed by atoms with van der Waals surface area (Å²) in [6.07, 6.45) is 5.76. The van der Waals surface area contributed by atoms with Crippen LogP contribution in [0.5, 0.6) is 0 Å². The molecule has 2 aromatic carbocycles. The molecule has 2 aliphatic rings. The number of nitrogens with two attached hydrogens (primary N) is 1. The first-order chi connectivity index (χ1) is 16.1. The molecular formula is C24H30N4O5S. The largest absolute Gasteiger partial charge is 0.366 e. The number of nitrogens with one attached hydrogen (secondary N) is 1. The van der Waals surface area contributed by atoms with Crippen LogP contribution in [0.1, 0.15) is 55.3 Å². The van der Waals surface area contributed by atoms with Crippen molar-refractivity contribution in [2.24, 2.45) is 11.1 Å². The maximum atomic E-state index is 12.9. The Balaban J connectivity index is 1.39. The third-order valence-corrected chi connectivity index (χ3v) is 7.82. The Kier molecular flexibility index (Phi) is 6.90. The van der Waals surface area contributed by atoms with Crippen molar-refractivity contribution in [3.05, 3.63) is 63.2 Å². The highest BCUT2D eigenvalue weighted by atomic mass is 32.2. The summed E-state index contributed by atoms with van der Waals surface area (Å²) in [6, 6.07) is 10.1. The first kappa shape index (κ1) is 24.2. The van der Waals surface area contributed by atoms with Crippen LogP contribution >= 0.6 is 0 Å². The lowest BCUT2D eigenvalue weighted by molar-refractivity contribution is -0.384. The zero-order valence-electron chi connectivity index (χ0n) is 19.2. The zero-order valence-corrected chi connectivity index (χ0v) is 20.0. The van der Waals surface area contributed by atoms with Crippen LogP contribution in [0, 0.1) is 16.0 Å². The molecule has 34 heavy (non-hydrogen) atoms. The summed E-state index contributed by atoms with van der Waals surface area (Å²) >= 11 is 0. The Morgan fingerprint density at radius 1 is 1.12 bits per heavy atom. The number of amides is 1. The van der Waals surface area contributed by atoms with Gasteiger partial charge in [-0.3, -0.25) is 14.9 Å². The number of hydrogen-bond acceptors (Lipinski definition) is 6. The van der Waals surface area contributed by atoms with E-state index >= 15 is 0 Å². The lowest BCUT2D eigenvalue weighted by atomic mass is 9.89. The second-order valence-electron chi connectivity index (χ2n) is 9.18. The molecular weight excluding hydrogens is 456 g/mol. The molecule has 0 aromatic heterocycles. The number of piperidine rings is 1. The van der Waals surface area contributed by atoms with E-state index in [9.17, 15) is 23.3 Å². The topological polar surface area (TPSA) is 136 Å². The van der Waals surface area contributed by atoms with Crippen LogP contribution < -0.4 is 15.4 Å². The number of carbonyl (C=O) groups is 1. The summed E-state index contributed by atoms with van der Waals surface area (Å²) < 4.78 is 23.1. The molecule has 2 aromatic rings. The molecule has 0 unspecified atom stereocenters. The lowest BCUT2D eigenvalue weighted by Crippen LogP contribution is -2.41. The number of aryl methyl sites for hydroxylation is 2. The molecule has 0 radical (unpaired) electrons. The maximum Gasteiger partial charge on any atom is 0.293 e. The Hall–Kier alpha value is -2.98. The SMILES string of the molecule is C[C@@H](NC(=O)C1CCN(c2ccc(S(N)(=O)=O)cc2[N+](=O)[O-])CC1)c1ccc2c(c1)CCCC2. The number of nitro groups is 1. The number of primary sulfonamides is 1. The van der Waals surface area contributed by atoms with E-state index in [4.69, 9.17) is 5.14 Å². The number of nitrogens with zero attached hydrogens (tertiary/aromatic N) is 2. The molecule has 3 N–H and O–H groups in total. The minimum absolute atomic E-state index is 0.0102. The molecule has 9 nitrogen and oxygen atoms in total. The number of hydrogen-bond donors (Lipinski definition) is 2. The number of benzene rings is 2. The summed E-state index contributed by atoms with van der Waals surface area (Å²) in [5.74, 6) is -0.192. The molecule has 1 saturated heterocycles. The van der Waals surface area contributed by atoms with Crippen molar-refractivity contribution in [1.82, 2.24) is 5.32 Å². The highest BCUT2D eigenvalue weighted by Crippen LogP contribution is 2.33. The predicted molar refractivity (Wildman–Crippen MR) is 129 cm³/mol. The van der Waals surface area contributed by atoms with Crippen LogP contribution in [0.4, 0.5) is 11.4 Å². The fourth-order valence-corrected chi connectivity index (χ4v) is 5.45. The molecule has 1 amide bonds. The van der Waals surface area contributed by atoms with E-state index in [1.807, 2.05) is 11.8 Å². The van der Waals surface area contributed by atoms with E-state index in [0.717, 1.165) is 24.5 Å². The molecule has 0 bridgehead atoms. The van der Waals surface area contributed by atoms with Gasteiger partial charge in [0.15, 0.2) is 0 Å². The van der Waals surface area contributed by atoms with E-state index in [1.54, 1.807) is 0 Å². The molecule has 182 valence electrons. The van der Waals surface area contributed by atoms with E-state index in [0.29, 0.717) is 31.6 Å². The van der Waals surface area contributed by atoms with Gasteiger partial charge in [-0.1, -0.05) is 18.2 Å². The highest BCUT2D eigenvalue weighted by Gasteiger charge is 2.30. The molecule has 0 saturated carbocycles. The van der Waals surface area contributed by atoms with Crippen LogP contribution in [0.3, 0.4) is 0 Å². The van der Waals surface area contributed by atoms with Crippen molar-refractivity contribution in [1.29, 1.82) is 0 Å². The van der Waals surface area contributed by atoms with Crippen molar-refractivity contribution in [2.45, 2.75) is 56.4 Å². The molecule has 1 atom stereocenters.